The molecule has 1 aromatic rings. The molecule has 0 aliphatic heterocycles. The van der Waals surface area contributed by atoms with Crippen LogP contribution in [0.1, 0.15) is 50.3 Å². The van der Waals surface area contributed by atoms with Crippen molar-refractivity contribution in [1.82, 2.24) is 15.8 Å². The van der Waals surface area contributed by atoms with E-state index >= 15 is 0 Å². The summed E-state index contributed by atoms with van der Waals surface area (Å²) in [4.78, 5) is 11.8. The molecule has 0 spiro atoms. The fourth-order valence-electron chi connectivity index (χ4n) is 2.10. The number of amides is 2. The third-order valence-corrected chi connectivity index (χ3v) is 3.64. The van der Waals surface area contributed by atoms with E-state index in [4.69, 9.17) is 4.52 Å². The highest BCUT2D eigenvalue weighted by molar-refractivity contribution is 5.74. The number of aryl methyl sites for hydroxylation is 2. The van der Waals surface area contributed by atoms with E-state index in [0.717, 1.165) is 17.7 Å². The van der Waals surface area contributed by atoms with Crippen LogP contribution in [0, 0.1) is 19.8 Å². The SMILES string of the molecule is CCC(C)C(O)CNC(=O)NC(C)c1c(C)noc1C. The number of nitrogens with zero attached hydrogens (tertiary/aromatic N) is 1. The minimum absolute atomic E-state index is 0.162. The number of rotatable bonds is 6. The molecule has 1 aromatic heterocycles. The van der Waals surface area contributed by atoms with Crippen molar-refractivity contribution in [1.29, 1.82) is 0 Å². The van der Waals surface area contributed by atoms with Gasteiger partial charge in [0.1, 0.15) is 5.76 Å². The molecule has 1 heterocycles. The van der Waals surface area contributed by atoms with Gasteiger partial charge in [0.25, 0.3) is 0 Å². The van der Waals surface area contributed by atoms with Gasteiger partial charge in [0, 0.05) is 12.1 Å². The second-order valence-electron chi connectivity index (χ2n) is 5.27. The lowest BCUT2D eigenvalue weighted by Gasteiger charge is -2.19. The Kier molecular flexibility index (Phi) is 6.01. The molecule has 0 fully saturated rings. The summed E-state index contributed by atoms with van der Waals surface area (Å²) in [5, 5.41) is 19.2. The van der Waals surface area contributed by atoms with Crippen LogP contribution >= 0.6 is 0 Å². The van der Waals surface area contributed by atoms with E-state index in [-0.39, 0.29) is 24.5 Å². The molecule has 0 aromatic carbocycles. The van der Waals surface area contributed by atoms with Crippen LogP contribution in [0.5, 0.6) is 0 Å². The molecule has 0 saturated heterocycles. The van der Waals surface area contributed by atoms with Crippen molar-refractivity contribution in [2.75, 3.05) is 6.54 Å². The van der Waals surface area contributed by atoms with Gasteiger partial charge in [-0.05, 0) is 26.7 Å². The Morgan fingerprint density at radius 1 is 1.40 bits per heavy atom. The van der Waals surface area contributed by atoms with Gasteiger partial charge >= 0.3 is 6.03 Å². The zero-order valence-corrected chi connectivity index (χ0v) is 12.9. The monoisotopic (exact) mass is 283 g/mol. The minimum atomic E-state index is -0.528. The number of hydrogen-bond donors (Lipinski definition) is 3. The highest BCUT2D eigenvalue weighted by Gasteiger charge is 2.19. The van der Waals surface area contributed by atoms with Gasteiger partial charge in [-0.25, -0.2) is 4.79 Å². The van der Waals surface area contributed by atoms with E-state index < -0.39 is 6.10 Å². The number of nitrogens with one attached hydrogen (secondary N) is 2. The molecule has 6 heteroatoms. The first kappa shape index (κ1) is 16.5. The van der Waals surface area contributed by atoms with Crippen LogP contribution in [0.25, 0.3) is 0 Å². The van der Waals surface area contributed by atoms with Crippen molar-refractivity contribution in [3.05, 3.63) is 17.0 Å². The number of hydrogen-bond acceptors (Lipinski definition) is 4. The summed E-state index contributed by atoms with van der Waals surface area (Å²) in [6.07, 6.45) is 0.347. The minimum Gasteiger partial charge on any atom is -0.391 e. The van der Waals surface area contributed by atoms with Crippen molar-refractivity contribution in [3.8, 4) is 0 Å². The zero-order chi connectivity index (χ0) is 15.3. The molecule has 0 aliphatic carbocycles. The van der Waals surface area contributed by atoms with Gasteiger partial charge in [-0.1, -0.05) is 25.4 Å². The van der Waals surface area contributed by atoms with Crippen LogP contribution in [0.4, 0.5) is 4.79 Å². The molecule has 6 nitrogen and oxygen atoms in total. The maximum absolute atomic E-state index is 11.8. The van der Waals surface area contributed by atoms with Crippen LogP contribution in [0.2, 0.25) is 0 Å². The lowest BCUT2D eigenvalue weighted by molar-refractivity contribution is 0.114. The molecule has 0 saturated carbocycles. The predicted molar refractivity (Wildman–Crippen MR) is 76.4 cm³/mol. The maximum atomic E-state index is 11.8. The summed E-state index contributed by atoms with van der Waals surface area (Å²) in [6, 6.07) is -0.498. The number of aromatic nitrogens is 1. The van der Waals surface area contributed by atoms with Crippen molar-refractivity contribution in [2.45, 2.75) is 53.2 Å². The molecule has 3 unspecified atom stereocenters. The fourth-order valence-corrected chi connectivity index (χ4v) is 2.10. The van der Waals surface area contributed by atoms with E-state index in [1.165, 1.54) is 0 Å². The molecular formula is C14H25N3O3. The summed E-state index contributed by atoms with van der Waals surface area (Å²) in [6.45, 7) is 9.74. The first-order valence-corrected chi connectivity index (χ1v) is 7.02. The highest BCUT2D eigenvalue weighted by Crippen LogP contribution is 2.20. The second-order valence-corrected chi connectivity index (χ2v) is 5.27. The smallest absolute Gasteiger partial charge is 0.315 e. The summed E-state index contributed by atoms with van der Waals surface area (Å²) in [5.74, 6) is 0.866. The third kappa shape index (κ3) is 4.23. The second kappa shape index (κ2) is 7.28. The van der Waals surface area contributed by atoms with Gasteiger partial charge < -0.3 is 20.3 Å². The molecule has 0 radical (unpaired) electrons. The molecule has 1 rings (SSSR count). The van der Waals surface area contributed by atoms with Crippen molar-refractivity contribution in [2.24, 2.45) is 5.92 Å². The molecule has 2 amide bonds. The summed E-state index contributed by atoms with van der Waals surface area (Å²) in [7, 11) is 0. The van der Waals surface area contributed by atoms with Crippen LogP contribution < -0.4 is 10.6 Å². The van der Waals surface area contributed by atoms with E-state index in [2.05, 4.69) is 15.8 Å². The lowest BCUT2D eigenvalue weighted by Crippen LogP contribution is -2.42. The van der Waals surface area contributed by atoms with E-state index in [9.17, 15) is 9.90 Å². The highest BCUT2D eigenvalue weighted by atomic mass is 16.5. The number of aliphatic hydroxyl groups excluding tert-OH is 1. The van der Waals surface area contributed by atoms with E-state index in [0.29, 0.717) is 5.76 Å². The summed E-state index contributed by atoms with van der Waals surface area (Å²) in [5.41, 5.74) is 1.66. The molecule has 3 atom stereocenters. The molecular weight excluding hydrogens is 258 g/mol. The maximum Gasteiger partial charge on any atom is 0.315 e. The van der Waals surface area contributed by atoms with Crippen LogP contribution in [-0.4, -0.2) is 28.9 Å². The first-order valence-electron chi connectivity index (χ1n) is 7.02. The number of carbonyl (C=O) groups is 1. The molecule has 0 bridgehead atoms. The summed E-state index contributed by atoms with van der Waals surface area (Å²) < 4.78 is 5.08. The lowest BCUT2D eigenvalue weighted by atomic mass is 10.0. The van der Waals surface area contributed by atoms with Crippen LogP contribution in [0.3, 0.4) is 0 Å². The van der Waals surface area contributed by atoms with Gasteiger partial charge in [0.05, 0.1) is 17.8 Å². The van der Waals surface area contributed by atoms with Crippen LogP contribution in [-0.2, 0) is 0 Å². The topological polar surface area (TPSA) is 87.4 Å². The number of aliphatic hydroxyl groups is 1. The molecule has 0 aliphatic rings. The Morgan fingerprint density at radius 2 is 2.05 bits per heavy atom. The van der Waals surface area contributed by atoms with Gasteiger partial charge in [0.2, 0.25) is 0 Å². The van der Waals surface area contributed by atoms with E-state index in [1.807, 2.05) is 34.6 Å². The largest absolute Gasteiger partial charge is 0.391 e. The van der Waals surface area contributed by atoms with Crippen molar-refractivity contribution in [3.63, 3.8) is 0 Å². The Morgan fingerprint density at radius 3 is 2.55 bits per heavy atom. The number of carbonyl (C=O) groups excluding carboxylic acids is 1. The summed E-state index contributed by atoms with van der Waals surface area (Å²) >= 11 is 0. The van der Waals surface area contributed by atoms with Gasteiger partial charge in [-0.15, -0.1) is 0 Å². The standard InChI is InChI=1S/C14H25N3O3/c1-6-8(2)12(18)7-15-14(19)16-9(3)13-10(4)17-20-11(13)5/h8-9,12,18H,6-7H2,1-5H3,(H2,15,16,19). The quantitative estimate of drug-likeness (QED) is 0.745. The van der Waals surface area contributed by atoms with Gasteiger partial charge in [-0.3, -0.25) is 0 Å². The predicted octanol–water partition coefficient (Wildman–Crippen LogP) is 2.06. The average Bonchev–Trinajstić information content (AvgIpc) is 2.74. The Balaban J connectivity index is 2.47. The average molecular weight is 283 g/mol. The van der Waals surface area contributed by atoms with Crippen LogP contribution in [0.15, 0.2) is 4.52 Å². The van der Waals surface area contributed by atoms with E-state index in [1.54, 1.807) is 0 Å². The van der Waals surface area contributed by atoms with Gasteiger partial charge in [0.15, 0.2) is 0 Å². The Labute approximate surface area is 119 Å². The van der Waals surface area contributed by atoms with Crippen molar-refractivity contribution < 1.29 is 14.4 Å². The molecule has 3 N–H and O–H groups in total. The Hall–Kier alpha value is -1.56. The number of urea groups is 1. The molecule has 114 valence electrons. The van der Waals surface area contributed by atoms with Gasteiger partial charge in [-0.2, -0.15) is 0 Å². The molecule has 20 heavy (non-hydrogen) atoms. The first-order chi connectivity index (χ1) is 9.36. The third-order valence-electron chi connectivity index (χ3n) is 3.64. The Bertz CT molecular complexity index is 425. The van der Waals surface area contributed by atoms with Crippen molar-refractivity contribution >= 4 is 6.03 Å². The zero-order valence-electron chi connectivity index (χ0n) is 12.9. The fraction of sp³-hybridized carbons (Fsp3) is 0.714. The normalized spacial score (nSPS) is 15.5.